The number of ether oxygens (including phenoxy) is 1. The highest BCUT2D eigenvalue weighted by Gasteiger charge is 2.18. The Labute approximate surface area is 116 Å². The van der Waals surface area contributed by atoms with Gasteiger partial charge in [0.05, 0.1) is 7.11 Å². The van der Waals surface area contributed by atoms with Crippen LogP contribution in [0.1, 0.15) is 0 Å². The topological polar surface area (TPSA) is 29.5 Å². The number of allylic oxidation sites excluding steroid dienone is 1. The number of methoxy groups -OCH3 is 1. The third kappa shape index (κ3) is 4.91. The number of esters is 1. The molecule has 0 amide bonds. The van der Waals surface area contributed by atoms with Gasteiger partial charge in [-0.2, -0.15) is 0 Å². The Morgan fingerprint density at radius 1 is 1.26 bits per heavy atom. The van der Waals surface area contributed by atoms with Crippen LogP contribution in [0.2, 0.25) is 25.7 Å². The second-order valence-electron chi connectivity index (χ2n) is 5.74. The number of para-hydroxylation sites is 1. The molecule has 0 fully saturated rings. The fraction of sp³-hybridized carbons (Fsp3) is 0.400. The van der Waals surface area contributed by atoms with E-state index >= 15 is 0 Å². The lowest BCUT2D eigenvalue weighted by Crippen LogP contribution is -2.26. The summed E-state index contributed by atoms with van der Waals surface area (Å²) in [5, 5.41) is 0. The van der Waals surface area contributed by atoms with Crippen LogP contribution in [0, 0.1) is 0 Å². The molecule has 0 N–H and O–H groups in total. The SMILES string of the molecule is COC(=O)/C(=C/C[Si](C)(C)C)N(C)c1ccccc1. The molecule has 0 aliphatic carbocycles. The maximum absolute atomic E-state index is 11.9. The van der Waals surface area contributed by atoms with Crippen molar-refractivity contribution in [2.24, 2.45) is 0 Å². The molecule has 0 saturated heterocycles. The van der Waals surface area contributed by atoms with Crippen LogP contribution in [0.15, 0.2) is 42.1 Å². The number of hydrogen-bond donors (Lipinski definition) is 0. The summed E-state index contributed by atoms with van der Waals surface area (Å²) in [7, 11) is 2.08. The molecule has 0 spiro atoms. The zero-order chi connectivity index (χ0) is 14.5. The summed E-state index contributed by atoms with van der Waals surface area (Å²) < 4.78 is 4.89. The first kappa shape index (κ1) is 15.5. The largest absolute Gasteiger partial charge is 0.464 e. The first-order chi connectivity index (χ1) is 8.85. The molecule has 104 valence electrons. The summed E-state index contributed by atoms with van der Waals surface area (Å²) in [6, 6.07) is 10.8. The molecule has 0 aromatic heterocycles. The molecule has 0 bridgehead atoms. The smallest absolute Gasteiger partial charge is 0.354 e. The third-order valence-corrected chi connectivity index (χ3v) is 4.24. The third-order valence-electron chi connectivity index (χ3n) is 2.81. The number of carbonyl (C=O) groups excluding carboxylic acids is 1. The van der Waals surface area contributed by atoms with Gasteiger partial charge in [0.1, 0.15) is 5.70 Å². The van der Waals surface area contributed by atoms with Crippen molar-refractivity contribution in [2.45, 2.75) is 25.7 Å². The minimum absolute atomic E-state index is 0.287. The van der Waals surface area contributed by atoms with Crippen LogP contribution in [0.25, 0.3) is 0 Å². The molecule has 0 atom stereocenters. The van der Waals surface area contributed by atoms with E-state index in [1.165, 1.54) is 7.11 Å². The van der Waals surface area contributed by atoms with Gasteiger partial charge < -0.3 is 9.64 Å². The highest BCUT2D eigenvalue weighted by Crippen LogP contribution is 2.20. The Morgan fingerprint density at radius 3 is 2.32 bits per heavy atom. The standard InChI is InChI=1S/C15H23NO2Si/c1-16(13-9-7-6-8-10-13)14(15(17)18-2)11-12-19(3,4)5/h6-11H,12H2,1-5H3/b14-11-. The average Bonchev–Trinajstić information content (AvgIpc) is 2.38. The molecule has 1 rings (SSSR count). The minimum atomic E-state index is -1.24. The van der Waals surface area contributed by atoms with Crippen molar-refractivity contribution in [1.82, 2.24) is 0 Å². The van der Waals surface area contributed by atoms with E-state index in [0.29, 0.717) is 5.70 Å². The summed E-state index contributed by atoms with van der Waals surface area (Å²) in [5.74, 6) is -0.287. The van der Waals surface area contributed by atoms with Crippen molar-refractivity contribution in [2.75, 3.05) is 19.1 Å². The van der Waals surface area contributed by atoms with Gasteiger partial charge in [0, 0.05) is 20.8 Å². The average molecular weight is 277 g/mol. The lowest BCUT2D eigenvalue weighted by Gasteiger charge is -2.22. The summed E-state index contributed by atoms with van der Waals surface area (Å²) in [5.41, 5.74) is 1.59. The van der Waals surface area contributed by atoms with Crippen LogP contribution >= 0.6 is 0 Å². The van der Waals surface area contributed by atoms with Gasteiger partial charge >= 0.3 is 5.97 Å². The number of hydrogen-bond acceptors (Lipinski definition) is 3. The maximum Gasteiger partial charge on any atom is 0.354 e. The van der Waals surface area contributed by atoms with E-state index in [9.17, 15) is 4.79 Å². The summed E-state index contributed by atoms with van der Waals surface area (Å²) >= 11 is 0. The number of rotatable bonds is 5. The quantitative estimate of drug-likeness (QED) is 0.468. The first-order valence-electron chi connectivity index (χ1n) is 6.42. The van der Waals surface area contributed by atoms with Crippen LogP contribution in [-0.2, 0) is 9.53 Å². The Hall–Kier alpha value is -1.55. The Kier molecular flexibility index (Phi) is 5.36. The lowest BCUT2D eigenvalue weighted by atomic mass is 10.2. The van der Waals surface area contributed by atoms with E-state index in [4.69, 9.17) is 4.74 Å². The van der Waals surface area contributed by atoms with E-state index in [1.54, 1.807) is 0 Å². The molecule has 4 heteroatoms. The van der Waals surface area contributed by atoms with Gasteiger partial charge in [-0.25, -0.2) is 4.79 Å². The van der Waals surface area contributed by atoms with Crippen LogP contribution in [0.4, 0.5) is 5.69 Å². The fourth-order valence-electron chi connectivity index (χ4n) is 1.66. The molecule has 0 aliphatic rings. The summed E-state index contributed by atoms with van der Waals surface area (Å²) in [6.07, 6.45) is 2.01. The number of likely N-dealkylation sites (N-methyl/N-ethyl adjacent to an activating group) is 1. The number of anilines is 1. The van der Waals surface area contributed by atoms with E-state index in [-0.39, 0.29) is 5.97 Å². The molecule has 0 saturated carbocycles. The minimum Gasteiger partial charge on any atom is -0.464 e. The molecule has 0 heterocycles. The molecular formula is C15H23NO2Si. The Balaban J connectivity index is 3.01. The molecule has 3 nitrogen and oxygen atoms in total. The summed E-state index contributed by atoms with van der Waals surface area (Å²) in [6.45, 7) is 6.84. The van der Waals surface area contributed by atoms with E-state index < -0.39 is 8.07 Å². The van der Waals surface area contributed by atoms with Crippen LogP contribution < -0.4 is 4.90 Å². The van der Waals surface area contributed by atoms with Crippen molar-refractivity contribution < 1.29 is 9.53 Å². The van der Waals surface area contributed by atoms with E-state index in [2.05, 4.69) is 19.6 Å². The first-order valence-corrected chi connectivity index (χ1v) is 10.1. The normalized spacial score (nSPS) is 12.2. The highest BCUT2D eigenvalue weighted by atomic mass is 28.3. The van der Waals surface area contributed by atoms with Gasteiger partial charge in [-0.1, -0.05) is 43.9 Å². The van der Waals surface area contributed by atoms with Crippen molar-refractivity contribution >= 4 is 19.7 Å². The number of carbonyl (C=O) groups is 1. The predicted octanol–water partition coefficient (Wildman–Crippen LogP) is 3.52. The number of benzene rings is 1. The predicted molar refractivity (Wildman–Crippen MR) is 83.1 cm³/mol. The van der Waals surface area contributed by atoms with Crippen LogP contribution in [0.3, 0.4) is 0 Å². The molecule has 19 heavy (non-hydrogen) atoms. The molecule has 0 unspecified atom stereocenters. The molecule has 0 aliphatic heterocycles. The van der Waals surface area contributed by atoms with Crippen molar-refractivity contribution in [3.8, 4) is 0 Å². The van der Waals surface area contributed by atoms with Crippen molar-refractivity contribution in [1.29, 1.82) is 0 Å². The second-order valence-corrected chi connectivity index (χ2v) is 11.3. The molecule has 1 aromatic carbocycles. The Bertz CT molecular complexity index is 449. The van der Waals surface area contributed by atoms with Gasteiger partial charge in [-0.15, -0.1) is 0 Å². The monoisotopic (exact) mass is 277 g/mol. The fourth-order valence-corrected chi connectivity index (χ4v) is 2.46. The Morgan fingerprint density at radius 2 is 1.84 bits per heavy atom. The van der Waals surface area contributed by atoms with E-state index in [0.717, 1.165) is 11.7 Å². The van der Waals surface area contributed by atoms with Gasteiger partial charge in [0.25, 0.3) is 0 Å². The van der Waals surface area contributed by atoms with Gasteiger partial charge in [-0.3, -0.25) is 0 Å². The van der Waals surface area contributed by atoms with E-state index in [1.807, 2.05) is 48.4 Å². The van der Waals surface area contributed by atoms with Gasteiger partial charge in [0.15, 0.2) is 0 Å². The summed E-state index contributed by atoms with van der Waals surface area (Å²) in [4.78, 5) is 13.8. The van der Waals surface area contributed by atoms with Crippen molar-refractivity contribution in [3.05, 3.63) is 42.1 Å². The molecular weight excluding hydrogens is 254 g/mol. The molecule has 1 aromatic rings. The maximum atomic E-state index is 11.9. The highest BCUT2D eigenvalue weighted by molar-refractivity contribution is 6.76. The molecule has 0 radical (unpaired) electrons. The number of nitrogens with zero attached hydrogens (tertiary/aromatic N) is 1. The van der Waals surface area contributed by atoms with Gasteiger partial charge in [-0.05, 0) is 18.2 Å². The van der Waals surface area contributed by atoms with Crippen LogP contribution in [0.5, 0.6) is 0 Å². The second kappa shape index (κ2) is 6.57. The lowest BCUT2D eigenvalue weighted by molar-refractivity contribution is -0.136. The zero-order valence-corrected chi connectivity index (χ0v) is 13.4. The zero-order valence-electron chi connectivity index (χ0n) is 12.4. The van der Waals surface area contributed by atoms with Crippen molar-refractivity contribution in [3.63, 3.8) is 0 Å². The van der Waals surface area contributed by atoms with Crippen LogP contribution in [-0.4, -0.2) is 28.2 Å². The van der Waals surface area contributed by atoms with Gasteiger partial charge in [0.2, 0.25) is 0 Å².